The van der Waals surface area contributed by atoms with Crippen molar-refractivity contribution < 1.29 is 4.79 Å². The van der Waals surface area contributed by atoms with Crippen molar-refractivity contribution in [2.75, 3.05) is 0 Å². The second-order valence-electron chi connectivity index (χ2n) is 5.08. The van der Waals surface area contributed by atoms with Crippen LogP contribution in [0.15, 0.2) is 41.5 Å². The molecular formula is C17H16Cl2N2O. The molecule has 0 fully saturated rings. The Morgan fingerprint density at radius 3 is 2.36 bits per heavy atom. The number of hydrazone groups is 1. The number of amides is 1. The van der Waals surface area contributed by atoms with Crippen LogP contribution < -0.4 is 5.43 Å². The number of rotatable bonds is 3. The van der Waals surface area contributed by atoms with Crippen LogP contribution in [-0.2, 0) is 0 Å². The lowest BCUT2D eigenvalue weighted by atomic mass is 10.0. The minimum Gasteiger partial charge on any atom is -0.267 e. The molecule has 1 N–H and O–H groups in total. The number of carbonyl (C=O) groups excluding carboxylic acids is 1. The molecule has 5 heteroatoms. The van der Waals surface area contributed by atoms with Crippen LogP contribution in [0.4, 0.5) is 0 Å². The molecule has 3 nitrogen and oxygen atoms in total. The highest BCUT2D eigenvalue weighted by Crippen LogP contribution is 2.20. The molecule has 2 aromatic rings. The first-order valence-corrected chi connectivity index (χ1v) is 7.51. The van der Waals surface area contributed by atoms with E-state index in [0.29, 0.717) is 15.6 Å². The number of hydrogen-bond acceptors (Lipinski definition) is 2. The summed E-state index contributed by atoms with van der Waals surface area (Å²) < 4.78 is 0. The maximum Gasteiger partial charge on any atom is 0.272 e. The molecule has 0 saturated carbocycles. The van der Waals surface area contributed by atoms with Crippen molar-refractivity contribution in [2.24, 2.45) is 5.10 Å². The lowest BCUT2D eigenvalue weighted by Gasteiger charge is -2.08. The van der Waals surface area contributed by atoms with Crippen molar-refractivity contribution in [3.05, 3.63) is 68.7 Å². The van der Waals surface area contributed by atoms with Gasteiger partial charge in [0, 0.05) is 10.6 Å². The van der Waals surface area contributed by atoms with E-state index in [1.165, 1.54) is 11.6 Å². The average Bonchev–Trinajstić information content (AvgIpc) is 2.44. The molecule has 22 heavy (non-hydrogen) atoms. The number of nitrogens with one attached hydrogen (secondary N) is 1. The summed E-state index contributed by atoms with van der Waals surface area (Å²) in [5.74, 6) is -0.370. The summed E-state index contributed by atoms with van der Waals surface area (Å²) >= 11 is 11.8. The Bertz CT molecular complexity index is 754. The van der Waals surface area contributed by atoms with Crippen LogP contribution in [0.5, 0.6) is 0 Å². The second-order valence-corrected chi connectivity index (χ2v) is 5.92. The Balaban J connectivity index is 2.18. The Morgan fingerprint density at radius 2 is 1.73 bits per heavy atom. The number of benzene rings is 2. The van der Waals surface area contributed by atoms with Gasteiger partial charge in [-0.2, -0.15) is 5.10 Å². The van der Waals surface area contributed by atoms with E-state index >= 15 is 0 Å². The van der Waals surface area contributed by atoms with Gasteiger partial charge in [-0.1, -0.05) is 47.0 Å². The number of nitrogens with zero attached hydrogens (tertiary/aromatic N) is 1. The van der Waals surface area contributed by atoms with E-state index in [2.05, 4.69) is 16.6 Å². The normalized spacial score (nSPS) is 11.4. The number of aryl methyl sites for hydroxylation is 2. The predicted octanol–water partition coefficient (Wildman–Crippen LogP) is 4.76. The van der Waals surface area contributed by atoms with Crippen LogP contribution in [0.3, 0.4) is 0 Å². The largest absolute Gasteiger partial charge is 0.272 e. The zero-order chi connectivity index (χ0) is 16.3. The zero-order valence-electron chi connectivity index (χ0n) is 12.6. The lowest BCUT2D eigenvalue weighted by Crippen LogP contribution is -2.20. The fourth-order valence-electron chi connectivity index (χ4n) is 2.15. The fraction of sp³-hybridized carbons (Fsp3) is 0.176. The van der Waals surface area contributed by atoms with Gasteiger partial charge >= 0.3 is 0 Å². The van der Waals surface area contributed by atoms with E-state index in [9.17, 15) is 4.79 Å². The van der Waals surface area contributed by atoms with E-state index < -0.39 is 0 Å². The van der Waals surface area contributed by atoms with Gasteiger partial charge in [-0.3, -0.25) is 4.79 Å². The van der Waals surface area contributed by atoms with E-state index in [-0.39, 0.29) is 5.91 Å². The summed E-state index contributed by atoms with van der Waals surface area (Å²) in [4.78, 5) is 12.1. The third-order valence-electron chi connectivity index (χ3n) is 3.27. The van der Waals surface area contributed by atoms with Crippen LogP contribution in [0.25, 0.3) is 0 Å². The molecule has 0 aliphatic heterocycles. The Morgan fingerprint density at radius 1 is 1.05 bits per heavy atom. The van der Waals surface area contributed by atoms with Gasteiger partial charge in [-0.15, -0.1) is 0 Å². The van der Waals surface area contributed by atoms with Gasteiger partial charge in [0.05, 0.1) is 16.3 Å². The molecule has 0 bridgehead atoms. The lowest BCUT2D eigenvalue weighted by molar-refractivity contribution is 0.0955. The number of hydrogen-bond donors (Lipinski definition) is 1. The molecule has 0 aliphatic carbocycles. The van der Waals surface area contributed by atoms with Gasteiger partial charge in [0.1, 0.15) is 0 Å². The minimum absolute atomic E-state index is 0.296. The molecule has 0 aliphatic rings. The van der Waals surface area contributed by atoms with Crippen molar-refractivity contribution in [2.45, 2.75) is 20.8 Å². The number of halogens is 2. The van der Waals surface area contributed by atoms with Crippen LogP contribution >= 0.6 is 23.2 Å². The smallest absolute Gasteiger partial charge is 0.267 e. The van der Waals surface area contributed by atoms with Gasteiger partial charge in [0.15, 0.2) is 0 Å². The van der Waals surface area contributed by atoms with Gasteiger partial charge in [-0.05, 0) is 44.5 Å². The molecule has 1 amide bonds. The molecule has 0 atom stereocenters. The summed E-state index contributed by atoms with van der Waals surface area (Å²) in [5, 5.41) is 4.93. The van der Waals surface area contributed by atoms with E-state index in [4.69, 9.17) is 23.2 Å². The van der Waals surface area contributed by atoms with E-state index in [1.54, 1.807) is 12.1 Å². The first-order chi connectivity index (χ1) is 10.4. The Kier molecular flexibility index (Phi) is 5.22. The minimum atomic E-state index is -0.370. The molecular weight excluding hydrogens is 319 g/mol. The second kappa shape index (κ2) is 6.95. The highest BCUT2D eigenvalue weighted by atomic mass is 35.5. The van der Waals surface area contributed by atoms with Crippen molar-refractivity contribution in [3.8, 4) is 0 Å². The highest BCUT2D eigenvalue weighted by Gasteiger charge is 2.10. The van der Waals surface area contributed by atoms with Crippen LogP contribution in [0, 0.1) is 13.8 Å². The van der Waals surface area contributed by atoms with Gasteiger partial charge in [-0.25, -0.2) is 5.43 Å². The molecule has 0 saturated heterocycles. The molecule has 2 aromatic carbocycles. The van der Waals surface area contributed by atoms with Crippen LogP contribution in [-0.4, -0.2) is 11.6 Å². The van der Waals surface area contributed by atoms with Gasteiger partial charge in [0.25, 0.3) is 5.91 Å². The van der Waals surface area contributed by atoms with Crippen molar-refractivity contribution in [1.29, 1.82) is 0 Å². The topological polar surface area (TPSA) is 41.5 Å². The average molecular weight is 335 g/mol. The van der Waals surface area contributed by atoms with Crippen molar-refractivity contribution in [1.82, 2.24) is 5.43 Å². The monoisotopic (exact) mass is 334 g/mol. The molecule has 0 heterocycles. The quantitative estimate of drug-likeness (QED) is 0.637. The van der Waals surface area contributed by atoms with Crippen molar-refractivity contribution >= 4 is 34.8 Å². The molecule has 0 aromatic heterocycles. The maximum atomic E-state index is 12.1. The fourth-order valence-corrected chi connectivity index (χ4v) is 2.64. The predicted molar refractivity (Wildman–Crippen MR) is 92.1 cm³/mol. The first kappa shape index (κ1) is 16.5. The maximum absolute atomic E-state index is 12.1. The Hall–Kier alpha value is -1.84. The summed E-state index contributed by atoms with van der Waals surface area (Å²) in [7, 11) is 0. The highest BCUT2D eigenvalue weighted by molar-refractivity contribution is 6.36. The summed E-state index contributed by atoms with van der Waals surface area (Å²) in [6.45, 7) is 5.90. The third-order valence-corrected chi connectivity index (χ3v) is 3.82. The van der Waals surface area contributed by atoms with E-state index in [0.717, 1.165) is 16.8 Å². The van der Waals surface area contributed by atoms with Crippen LogP contribution in [0.2, 0.25) is 10.0 Å². The van der Waals surface area contributed by atoms with Crippen LogP contribution in [0.1, 0.15) is 34.0 Å². The molecule has 114 valence electrons. The van der Waals surface area contributed by atoms with Crippen molar-refractivity contribution in [3.63, 3.8) is 0 Å². The summed E-state index contributed by atoms with van der Waals surface area (Å²) in [6.07, 6.45) is 0. The third kappa shape index (κ3) is 3.87. The summed E-state index contributed by atoms with van der Waals surface area (Å²) in [6, 6.07) is 10.8. The molecule has 0 radical (unpaired) electrons. The standard InChI is InChI=1S/C17H16Cl2N2O/c1-10-4-6-14(11(2)8-10)12(3)20-21-17(22)15-7-5-13(18)9-16(15)19/h4-9H,1-3H3,(H,21,22)/b20-12-. The molecule has 0 spiro atoms. The SMILES string of the molecule is C/C(=N/NC(=O)c1ccc(Cl)cc1Cl)c1ccc(C)cc1C. The zero-order valence-corrected chi connectivity index (χ0v) is 14.1. The molecule has 2 rings (SSSR count). The van der Waals surface area contributed by atoms with Gasteiger partial charge < -0.3 is 0 Å². The Labute approximate surface area is 139 Å². The summed E-state index contributed by atoms with van der Waals surface area (Å²) in [5.41, 5.74) is 6.88. The van der Waals surface area contributed by atoms with Gasteiger partial charge in [0.2, 0.25) is 0 Å². The molecule has 0 unspecified atom stereocenters. The first-order valence-electron chi connectivity index (χ1n) is 6.76. The van der Waals surface area contributed by atoms with E-state index in [1.807, 2.05) is 32.9 Å². The number of carbonyl (C=O) groups is 1.